The molecule has 0 aliphatic carbocycles. The van der Waals surface area contributed by atoms with Crippen molar-refractivity contribution in [3.05, 3.63) is 0 Å². The maximum absolute atomic E-state index is 3.70. The summed E-state index contributed by atoms with van der Waals surface area (Å²) in [5.41, 5.74) is 0. The van der Waals surface area contributed by atoms with Crippen LogP contribution in [0.25, 0.3) is 0 Å². The zero-order valence-corrected chi connectivity index (χ0v) is 7.10. The minimum absolute atomic E-state index is 0.806. The molecule has 2 heteroatoms. The van der Waals surface area contributed by atoms with Crippen molar-refractivity contribution in [2.24, 2.45) is 0 Å². The van der Waals surface area contributed by atoms with Crippen LogP contribution in [0.5, 0.6) is 0 Å². The minimum atomic E-state index is 0.806. The Morgan fingerprint density at radius 3 is 2.89 bits per heavy atom. The van der Waals surface area contributed by atoms with Crippen LogP contribution in [0.1, 0.15) is 19.3 Å². The highest BCUT2D eigenvalue weighted by Gasteiger charge is 2.35. The Morgan fingerprint density at radius 2 is 2.11 bits per heavy atom. The van der Waals surface area contributed by atoms with Crippen LogP contribution in [0.3, 0.4) is 0 Å². The van der Waals surface area contributed by atoms with Gasteiger partial charge in [0.15, 0.2) is 0 Å². The van der Waals surface area contributed by atoms with Gasteiger partial charge in [-0.2, -0.15) is 0 Å². The minimum Gasteiger partial charge on any atom is -0.299 e. The molecule has 2 saturated heterocycles. The Morgan fingerprint density at radius 1 is 1.22 bits per heavy atom. The van der Waals surface area contributed by atoms with Gasteiger partial charge in [0, 0.05) is 10.9 Å². The summed E-state index contributed by atoms with van der Waals surface area (Å²) >= 11 is 3.70. The summed E-state index contributed by atoms with van der Waals surface area (Å²) < 4.78 is 0. The molecule has 0 aromatic heterocycles. The van der Waals surface area contributed by atoms with Gasteiger partial charge in [-0.15, -0.1) is 0 Å². The molecule has 2 heterocycles. The molecule has 0 N–H and O–H groups in total. The molecule has 0 amide bonds. The molecule has 2 rings (SSSR count). The molecule has 1 nitrogen and oxygen atoms in total. The van der Waals surface area contributed by atoms with Crippen LogP contribution in [0, 0.1) is 0 Å². The third kappa shape index (κ3) is 0.926. The van der Waals surface area contributed by atoms with Crippen molar-refractivity contribution in [3.8, 4) is 0 Å². The monoisotopic (exact) mass is 189 g/mol. The van der Waals surface area contributed by atoms with Gasteiger partial charge in [-0.1, -0.05) is 15.9 Å². The first-order valence-corrected chi connectivity index (χ1v) is 4.67. The molecule has 0 bridgehead atoms. The van der Waals surface area contributed by atoms with Crippen molar-refractivity contribution in [3.63, 3.8) is 0 Å². The summed E-state index contributed by atoms with van der Waals surface area (Å²) in [6.45, 7) is 2.69. The molecule has 0 radical (unpaired) electrons. The third-order valence-corrected chi connectivity index (χ3v) is 3.59. The predicted octanol–water partition coefficient (Wildman–Crippen LogP) is 1.62. The van der Waals surface area contributed by atoms with Crippen LogP contribution in [-0.2, 0) is 0 Å². The van der Waals surface area contributed by atoms with E-state index in [9.17, 15) is 0 Å². The van der Waals surface area contributed by atoms with E-state index in [1.807, 2.05) is 0 Å². The predicted molar refractivity (Wildman–Crippen MR) is 41.9 cm³/mol. The van der Waals surface area contributed by atoms with Crippen molar-refractivity contribution in [1.82, 2.24) is 4.90 Å². The van der Waals surface area contributed by atoms with Gasteiger partial charge >= 0.3 is 0 Å². The normalized spacial score (nSPS) is 43.7. The highest BCUT2D eigenvalue weighted by molar-refractivity contribution is 9.09. The molecule has 0 unspecified atom stereocenters. The Hall–Kier alpha value is 0.440. The van der Waals surface area contributed by atoms with Crippen molar-refractivity contribution < 1.29 is 0 Å². The highest BCUT2D eigenvalue weighted by Crippen LogP contribution is 2.31. The number of fused-ring (bicyclic) bond motifs is 1. The van der Waals surface area contributed by atoms with Crippen molar-refractivity contribution in [1.29, 1.82) is 0 Å². The smallest absolute Gasteiger partial charge is 0.0313 e. The van der Waals surface area contributed by atoms with E-state index < -0.39 is 0 Å². The molecule has 0 aromatic carbocycles. The molecule has 0 saturated carbocycles. The van der Waals surface area contributed by atoms with E-state index in [2.05, 4.69) is 20.8 Å². The molecule has 0 spiro atoms. The first-order chi connectivity index (χ1) is 4.38. The molecule has 9 heavy (non-hydrogen) atoms. The van der Waals surface area contributed by atoms with E-state index in [-0.39, 0.29) is 0 Å². The van der Waals surface area contributed by atoms with E-state index in [0.29, 0.717) is 0 Å². The summed E-state index contributed by atoms with van der Waals surface area (Å²) in [4.78, 5) is 3.42. The second kappa shape index (κ2) is 2.24. The lowest BCUT2D eigenvalue weighted by molar-refractivity contribution is 0.327. The molecule has 2 atom stereocenters. The standard InChI is InChI=1S/C7H12BrN/c8-6-3-5-9-4-1-2-7(6)9/h6-7H,1-5H2/t6-,7+/m0/s1. The first kappa shape index (κ1) is 6.17. The van der Waals surface area contributed by atoms with Crippen LogP contribution in [0.15, 0.2) is 0 Å². The molecular formula is C7H12BrN. The molecule has 52 valence electrons. The van der Waals surface area contributed by atoms with Gasteiger partial charge in [0.25, 0.3) is 0 Å². The topological polar surface area (TPSA) is 3.24 Å². The Bertz CT molecular complexity index is 115. The highest BCUT2D eigenvalue weighted by atomic mass is 79.9. The molecular weight excluding hydrogens is 178 g/mol. The number of rotatable bonds is 0. The van der Waals surface area contributed by atoms with Crippen molar-refractivity contribution in [2.45, 2.75) is 30.1 Å². The van der Waals surface area contributed by atoms with Gasteiger partial charge < -0.3 is 0 Å². The van der Waals surface area contributed by atoms with E-state index in [0.717, 1.165) is 10.9 Å². The van der Waals surface area contributed by atoms with E-state index in [4.69, 9.17) is 0 Å². The number of nitrogens with zero attached hydrogens (tertiary/aromatic N) is 1. The summed E-state index contributed by atoms with van der Waals surface area (Å²) in [6, 6.07) is 0.894. The van der Waals surface area contributed by atoms with E-state index in [1.165, 1.54) is 32.4 Å². The Labute approximate surface area is 64.5 Å². The average Bonchev–Trinajstić information content (AvgIpc) is 2.35. The Balaban J connectivity index is 2.07. The van der Waals surface area contributed by atoms with E-state index >= 15 is 0 Å². The fraction of sp³-hybridized carbons (Fsp3) is 1.00. The summed E-state index contributed by atoms with van der Waals surface area (Å²) in [7, 11) is 0. The second-order valence-corrected chi connectivity index (χ2v) is 4.23. The summed E-state index contributed by atoms with van der Waals surface area (Å²) in [5.74, 6) is 0. The quantitative estimate of drug-likeness (QED) is 0.524. The lowest BCUT2D eigenvalue weighted by Crippen LogP contribution is -2.25. The maximum atomic E-state index is 3.70. The van der Waals surface area contributed by atoms with Gasteiger partial charge in [0.2, 0.25) is 0 Å². The van der Waals surface area contributed by atoms with Crippen LogP contribution >= 0.6 is 15.9 Å². The first-order valence-electron chi connectivity index (χ1n) is 3.76. The SMILES string of the molecule is Br[C@H]1CCN2CCC[C@H]12. The number of hydrogen-bond donors (Lipinski definition) is 0. The van der Waals surface area contributed by atoms with Gasteiger partial charge in [0.05, 0.1) is 0 Å². The average molecular weight is 190 g/mol. The number of hydrogen-bond acceptors (Lipinski definition) is 1. The Kier molecular flexibility index (Phi) is 1.54. The van der Waals surface area contributed by atoms with Gasteiger partial charge in [-0.25, -0.2) is 0 Å². The van der Waals surface area contributed by atoms with E-state index in [1.54, 1.807) is 0 Å². The maximum Gasteiger partial charge on any atom is 0.0313 e. The second-order valence-electron chi connectivity index (χ2n) is 3.05. The van der Waals surface area contributed by atoms with Gasteiger partial charge in [0.1, 0.15) is 0 Å². The van der Waals surface area contributed by atoms with Crippen molar-refractivity contribution >= 4 is 15.9 Å². The summed E-state index contributed by atoms with van der Waals surface area (Å²) in [6.07, 6.45) is 4.22. The van der Waals surface area contributed by atoms with Crippen LogP contribution < -0.4 is 0 Å². The molecule has 2 aliphatic heterocycles. The largest absolute Gasteiger partial charge is 0.299 e. The molecule has 2 fully saturated rings. The fourth-order valence-electron chi connectivity index (χ4n) is 2.02. The third-order valence-electron chi connectivity index (χ3n) is 2.52. The molecule has 2 aliphatic rings. The van der Waals surface area contributed by atoms with Gasteiger partial charge in [-0.05, 0) is 32.4 Å². The fourth-order valence-corrected chi connectivity index (χ4v) is 2.82. The zero-order valence-electron chi connectivity index (χ0n) is 5.52. The lowest BCUT2D eigenvalue weighted by Gasteiger charge is -2.14. The zero-order chi connectivity index (χ0) is 6.27. The summed E-state index contributed by atoms with van der Waals surface area (Å²) in [5, 5.41) is 0. The van der Waals surface area contributed by atoms with Gasteiger partial charge in [-0.3, -0.25) is 4.90 Å². The van der Waals surface area contributed by atoms with Crippen LogP contribution in [-0.4, -0.2) is 28.9 Å². The van der Waals surface area contributed by atoms with Crippen molar-refractivity contribution in [2.75, 3.05) is 13.1 Å². The lowest BCUT2D eigenvalue weighted by atomic mass is 10.2. The molecule has 0 aromatic rings. The van der Waals surface area contributed by atoms with Crippen LogP contribution in [0.2, 0.25) is 0 Å². The number of alkyl halides is 1. The van der Waals surface area contributed by atoms with Crippen LogP contribution in [0.4, 0.5) is 0 Å². The number of halogens is 1.